The molecule has 3 heteroatoms. The van der Waals surface area contributed by atoms with E-state index in [9.17, 15) is 0 Å². The Morgan fingerprint density at radius 2 is 2.12 bits per heavy atom. The van der Waals surface area contributed by atoms with Crippen molar-refractivity contribution in [2.24, 2.45) is 0 Å². The van der Waals surface area contributed by atoms with E-state index in [0.717, 1.165) is 31.9 Å². The van der Waals surface area contributed by atoms with Crippen molar-refractivity contribution in [2.75, 3.05) is 38.1 Å². The highest BCUT2D eigenvalue weighted by atomic mass is 16.5. The molecule has 92 valence electrons. The van der Waals surface area contributed by atoms with Gasteiger partial charge in [0.25, 0.3) is 0 Å². The highest BCUT2D eigenvalue weighted by molar-refractivity contribution is 5.57. The van der Waals surface area contributed by atoms with Gasteiger partial charge in [0, 0.05) is 18.8 Å². The zero-order valence-electron chi connectivity index (χ0n) is 10.2. The summed E-state index contributed by atoms with van der Waals surface area (Å²) in [6.45, 7) is 5.43. The minimum Gasteiger partial charge on any atom is -0.492 e. The van der Waals surface area contributed by atoms with Gasteiger partial charge in [-0.25, -0.2) is 0 Å². The summed E-state index contributed by atoms with van der Waals surface area (Å²) >= 11 is 0. The fourth-order valence-electron chi connectivity index (χ4n) is 2.67. The van der Waals surface area contributed by atoms with Crippen LogP contribution in [-0.2, 0) is 6.42 Å². The Kier molecular flexibility index (Phi) is 3.18. The largest absolute Gasteiger partial charge is 0.492 e. The van der Waals surface area contributed by atoms with Crippen LogP contribution in [0.25, 0.3) is 0 Å². The van der Waals surface area contributed by atoms with E-state index in [0.29, 0.717) is 0 Å². The Bertz CT molecular complexity index is 386. The van der Waals surface area contributed by atoms with Gasteiger partial charge < -0.3 is 10.1 Å². The minimum absolute atomic E-state index is 0.812. The van der Waals surface area contributed by atoms with Crippen LogP contribution in [0.3, 0.4) is 0 Å². The molecular weight excluding hydrogens is 212 g/mol. The Hall–Kier alpha value is -1.22. The van der Waals surface area contributed by atoms with Gasteiger partial charge in [-0.2, -0.15) is 0 Å². The van der Waals surface area contributed by atoms with E-state index in [1.165, 1.54) is 37.2 Å². The molecule has 0 saturated carbocycles. The molecule has 2 aliphatic rings. The van der Waals surface area contributed by atoms with E-state index in [4.69, 9.17) is 4.74 Å². The van der Waals surface area contributed by atoms with Crippen LogP contribution in [0.5, 0.6) is 5.75 Å². The molecule has 1 aromatic carbocycles. The van der Waals surface area contributed by atoms with Crippen molar-refractivity contribution in [3.63, 3.8) is 0 Å². The maximum atomic E-state index is 5.82. The van der Waals surface area contributed by atoms with Crippen molar-refractivity contribution in [3.05, 3.63) is 23.8 Å². The summed E-state index contributed by atoms with van der Waals surface area (Å²) in [5.74, 6) is 1.02. The Morgan fingerprint density at radius 1 is 1.24 bits per heavy atom. The van der Waals surface area contributed by atoms with Crippen LogP contribution in [0, 0.1) is 0 Å². The molecule has 2 heterocycles. The van der Waals surface area contributed by atoms with Crippen LogP contribution < -0.4 is 10.1 Å². The van der Waals surface area contributed by atoms with E-state index in [1.54, 1.807) is 0 Å². The Balaban J connectivity index is 1.51. The zero-order valence-corrected chi connectivity index (χ0v) is 10.2. The summed E-state index contributed by atoms with van der Waals surface area (Å²) in [4.78, 5) is 2.48. The highest BCUT2D eigenvalue weighted by Gasteiger charge is 2.12. The van der Waals surface area contributed by atoms with E-state index < -0.39 is 0 Å². The molecule has 0 atom stereocenters. The molecule has 3 nitrogen and oxygen atoms in total. The summed E-state index contributed by atoms with van der Waals surface area (Å²) in [5.41, 5.74) is 2.67. The van der Waals surface area contributed by atoms with Gasteiger partial charge in [-0.1, -0.05) is 0 Å². The van der Waals surface area contributed by atoms with Crippen molar-refractivity contribution in [2.45, 2.75) is 19.3 Å². The number of nitrogens with zero attached hydrogens (tertiary/aromatic N) is 1. The van der Waals surface area contributed by atoms with Gasteiger partial charge in [0.05, 0.1) is 0 Å². The van der Waals surface area contributed by atoms with Crippen molar-refractivity contribution < 1.29 is 4.74 Å². The summed E-state index contributed by atoms with van der Waals surface area (Å²) in [5, 5.41) is 3.36. The lowest BCUT2D eigenvalue weighted by Gasteiger charge is -2.15. The van der Waals surface area contributed by atoms with E-state index in [-0.39, 0.29) is 0 Å². The van der Waals surface area contributed by atoms with Crippen molar-refractivity contribution in [3.8, 4) is 5.75 Å². The number of rotatable bonds is 4. The van der Waals surface area contributed by atoms with Crippen LogP contribution in [0.4, 0.5) is 5.69 Å². The second kappa shape index (κ2) is 4.96. The molecule has 1 aromatic rings. The first-order valence-corrected chi connectivity index (χ1v) is 6.64. The van der Waals surface area contributed by atoms with Crippen LogP contribution in [0.15, 0.2) is 18.2 Å². The fraction of sp³-hybridized carbons (Fsp3) is 0.571. The van der Waals surface area contributed by atoms with Gasteiger partial charge in [-0.15, -0.1) is 0 Å². The fourth-order valence-corrected chi connectivity index (χ4v) is 2.67. The third-order valence-electron chi connectivity index (χ3n) is 3.66. The number of likely N-dealkylation sites (tertiary alicyclic amines) is 1. The normalized spacial score (nSPS) is 19.1. The molecule has 0 radical (unpaired) electrons. The first kappa shape index (κ1) is 10.9. The highest BCUT2D eigenvalue weighted by Crippen LogP contribution is 2.26. The van der Waals surface area contributed by atoms with Crippen LogP contribution in [0.1, 0.15) is 18.4 Å². The molecule has 2 aliphatic heterocycles. The summed E-state index contributed by atoms with van der Waals surface area (Å²) in [6.07, 6.45) is 3.83. The number of fused-ring (bicyclic) bond motifs is 1. The molecule has 0 aromatic heterocycles. The molecule has 1 N–H and O–H groups in total. The zero-order chi connectivity index (χ0) is 11.5. The molecule has 0 aliphatic carbocycles. The number of hydrogen-bond acceptors (Lipinski definition) is 3. The monoisotopic (exact) mass is 232 g/mol. The molecule has 0 unspecified atom stereocenters. The van der Waals surface area contributed by atoms with Crippen LogP contribution in [-0.4, -0.2) is 37.7 Å². The maximum Gasteiger partial charge on any atom is 0.119 e. The maximum absolute atomic E-state index is 5.82. The first-order valence-electron chi connectivity index (χ1n) is 6.64. The van der Waals surface area contributed by atoms with E-state index in [2.05, 4.69) is 28.4 Å². The minimum atomic E-state index is 0.812. The molecule has 3 rings (SSSR count). The topological polar surface area (TPSA) is 24.5 Å². The number of anilines is 1. The second-order valence-electron chi connectivity index (χ2n) is 4.89. The average molecular weight is 232 g/mol. The van der Waals surface area contributed by atoms with Gasteiger partial charge in [-0.3, -0.25) is 4.90 Å². The van der Waals surface area contributed by atoms with Crippen LogP contribution >= 0.6 is 0 Å². The molecule has 0 bridgehead atoms. The third-order valence-corrected chi connectivity index (χ3v) is 3.66. The number of nitrogens with one attached hydrogen (secondary N) is 1. The first-order chi connectivity index (χ1) is 8.42. The summed E-state index contributed by atoms with van der Waals surface area (Å²) in [7, 11) is 0. The summed E-state index contributed by atoms with van der Waals surface area (Å²) in [6, 6.07) is 6.38. The standard InChI is InChI=1S/C14H20N2O/c1-2-8-16(7-1)9-10-17-13-3-4-14-12(11-13)5-6-15-14/h3-4,11,15H,1-2,5-10H2. The van der Waals surface area contributed by atoms with Crippen LogP contribution in [0.2, 0.25) is 0 Å². The van der Waals surface area contributed by atoms with E-state index in [1.807, 2.05) is 0 Å². The lowest BCUT2D eigenvalue weighted by Crippen LogP contribution is -2.25. The lowest BCUT2D eigenvalue weighted by atomic mass is 10.1. The van der Waals surface area contributed by atoms with Gasteiger partial charge in [-0.05, 0) is 56.1 Å². The Morgan fingerprint density at radius 3 is 3.00 bits per heavy atom. The van der Waals surface area contributed by atoms with Crippen molar-refractivity contribution in [1.29, 1.82) is 0 Å². The SMILES string of the molecule is c1cc2c(cc1OCCN1CCCC1)CCN2. The lowest BCUT2D eigenvalue weighted by molar-refractivity contribution is 0.237. The summed E-state index contributed by atoms with van der Waals surface area (Å²) < 4.78 is 5.82. The van der Waals surface area contributed by atoms with Gasteiger partial charge in [0.1, 0.15) is 12.4 Å². The smallest absolute Gasteiger partial charge is 0.119 e. The molecule has 0 amide bonds. The number of ether oxygens (including phenoxy) is 1. The number of benzene rings is 1. The van der Waals surface area contributed by atoms with Gasteiger partial charge in [0.15, 0.2) is 0 Å². The molecule has 1 fully saturated rings. The number of hydrogen-bond donors (Lipinski definition) is 1. The average Bonchev–Trinajstić information content (AvgIpc) is 2.98. The van der Waals surface area contributed by atoms with Gasteiger partial charge >= 0.3 is 0 Å². The second-order valence-corrected chi connectivity index (χ2v) is 4.89. The predicted molar refractivity (Wildman–Crippen MR) is 69.8 cm³/mol. The van der Waals surface area contributed by atoms with Gasteiger partial charge in [0.2, 0.25) is 0 Å². The molecular formula is C14H20N2O. The van der Waals surface area contributed by atoms with Crippen molar-refractivity contribution in [1.82, 2.24) is 4.90 Å². The van der Waals surface area contributed by atoms with Crippen molar-refractivity contribution >= 4 is 5.69 Å². The molecule has 17 heavy (non-hydrogen) atoms. The predicted octanol–water partition coefficient (Wildman–Crippen LogP) is 2.13. The Labute approximate surface area is 103 Å². The molecule has 1 saturated heterocycles. The quantitative estimate of drug-likeness (QED) is 0.860. The van der Waals surface area contributed by atoms with E-state index >= 15 is 0 Å². The third kappa shape index (κ3) is 2.55. The molecule has 0 spiro atoms.